The molecule has 0 spiro atoms. The molecule has 1 aromatic heterocycles. The number of aromatic nitrogens is 1. The Morgan fingerprint density at radius 1 is 0.333 bits per heavy atom. The van der Waals surface area contributed by atoms with E-state index >= 15 is 0 Å². The molecule has 1 aliphatic rings. The van der Waals surface area contributed by atoms with Crippen molar-refractivity contribution in [1.82, 2.24) is 4.57 Å². The van der Waals surface area contributed by atoms with Crippen molar-refractivity contribution in [3.05, 3.63) is 242 Å². The number of hydrogen-bond acceptors (Lipinski definition) is 1. The summed E-state index contributed by atoms with van der Waals surface area (Å²) in [5, 5.41) is 5.04. The Kier molecular flexibility index (Phi) is 8.55. The van der Waals surface area contributed by atoms with Crippen LogP contribution in [0.3, 0.4) is 0 Å². The Morgan fingerprint density at radius 3 is 1.48 bits per heavy atom. The Labute approximate surface area is 368 Å². The van der Waals surface area contributed by atoms with Crippen LogP contribution in [0.4, 0.5) is 17.1 Å². The van der Waals surface area contributed by atoms with Crippen LogP contribution in [0.5, 0.6) is 0 Å². The highest BCUT2D eigenvalue weighted by molar-refractivity contribution is 6.09. The van der Waals surface area contributed by atoms with Gasteiger partial charge < -0.3 is 9.47 Å². The summed E-state index contributed by atoms with van der Waals surface area (Å²) < 4.78 is 2.39. The molecule has 298 valence electrons. The zero-order valence-electron chi connectivity index (χ0n) is 35.3. The summed E-state index contributed by atoms with van der Waals surface area (Å²) in [5.41, 5.74) is 19.5. The first-order valence-electron chi connectivity index (χ1n) is 21.9. The summed E-state index contributed by atoms with van der Waals surface area (Å²) in [7, 11) is 0. The minimum Gasteiger partial charge on any atom is -0.311 e. The predicted molar refractivity (Wildman–Crippen MR) is 267 cm³/mol. The molecule has 10 aromatic carbocycles. The third-order valence-corrected chi connectivity index (χ3v) is 13.4. The maximum absolute atomic E-state index is 2.41. The number of nitrogens with zero attached hydrogens (tertiary/aromatic N) is 2. The molecular formula is C61H44N2. The summed E-state index contributed by atoms with van der Waals surface area (Å²) in [6, 6.07) is 84.5. The van der Waals surface area contributed by atoms with Gasteiger partial charge in [0.05, 0.1) is 11.0 Å². The van der Waals surface area contributed by atoms with Crippen molar-refractivity contribution in [3.8, 4) is 50.2 Å². The summed E-state index contributed by atoms with van der Waals surface area (Å²) in [6.07, 6.45) is 0. The normalized spacial score (nSPS) is 12.7. The second kappa shape index (κ2) is 14.6. The predicted octanol–water partition coefficient (Wildman–Crippen LogP) is 16.7. The monoisotopic (exact) mass is 804 g/mol. The molecule has 0 saturated heterocycles. The number of para-hydroxylation sites is 2. The van der Waals surface area contributed by atoms with Crippen LogP contribution in [0.2, 0.25) is 0 Å². The van der Waals surface area contributed by atoms with Gasteiger partial charge in [-0.05, 0) is 133 Å². The lowest BCUT2D eigenvalue weighted by Gasteiger charge is -2.26. The lowest BCUT2D eigenvalue weighted by molar-refractivity contribution is 0.660. The van der Waals surface area contributed by atoms with E-state index in [1.807, 2.05) is 0 Å². The molecule has 11 aromatic rings. The number of anilines is 3. The van der Waals surface area contributed by atoms with Crippen molar-refractivity contribution >= 4 is 49.6 Å². The minimum absolute atomic E-state index is 0.0462. The minimum atomic E-state index is -0.0462. The van der Waals surface area contributed by atoms with Crippen molar-refractivity contribution in [3.63, 3.8) is 0 Å². The third kappa shape index (κ3) is 6.09. The zero-order valence-corrected chi connectivity index (χ0v) is 35.3. The highest BCUT2D eigenvalue weighted by Gasteiger charge is 2.35. The van der Waals surface area contributed by atoms with Crippen molar-refractivity contribution in [2.24, 2.45) is 0 Å². The van der Waals surface area contributed by atoms with Gasteiger partial charge in [0.2, 0.25) is 0 Å². The van der Waals surface area contributed by atoms with Crippen LogP contribution in [0.25, 0.3) is 82.8 Å². The first kappa shape index (κ1) is 36.9. The van der Waals surface area contributed by atoms with Gasteiger partial charge in [0.15, 0.2) is 0 Å². The maximum Gasteiger partial charge on any atom is 0.0541 e. The van der Waals surface area contributed by atoms with E-state index in [1.165, 1.54) is 88.2 Å². The zero-order chi connectivity index (χ0) is 42.1. The number of benzene rings is 10. The van der Waals surface area contributed by atoms with Gasteiger partial charge in [-0.25, -0.2) is 0 Å². The van der Waals surface area contributed by atoms with E-state index in [0.717, 1.165) is 22.7 Å². The molecule has 0 unspecified atom stereocenters. The molecule has 1 aliphatic carbocycles. The molecule has 2 heteroatoms. The summed E-state index contributed by atoms with van der Waals surface area (Å²) in [6.45, 7) is 4.70. The number of fused-ring (bicyclic) bond motifs is 7. The van der Waals surface area contributed by atoms with Crippen molar-refractivity contribution in [2.75, 3.05) is 4.90 Å². The van der Waals surface area contributed by atoms with Gasteiger partial charge in [0.1, 0.15) is 0 Å². The van der Waals surface area contributed by atoms with E-state index in [9.17, 15) is 0 Å². The van der Waals surface area contributed by atoms with Crippen LogP contribution in [-0.4, -0.2) is 4.57 Å². The molecule has 0 saturated carbocycles. The van der Waals surface area contributed by atoms with E-state index in [2.05, 4.69) is 254 Å². The van der Waals surface area contributed by atoms with Crippen molar-refractivity contribution in [2.45, 2.75) is 19.3 Å². The topological polar surface area (TPSA) is 8.17 Å². The van der Waals surface area contributed by atoms with Crippen LogP contribution in [0.1, 0.15) is 25.0 Å². The van der Waals surface area contributed by atoms with Crippen LogP contribution >= 0.6 is 0 Å². The van der Waals surface area contributed by atoms with Crippen molar-refractivity contribution < 1.29 is 0 Å². The Balaban J connectivity index is 0.917. The van der Waals surface area contributed by atoms with E-state index in [-0.39, 0.29) is 5.41 Å². The highest BCUT2D eigenvalue weighted by Crippen LogP contribution is 2.50. The van der Waals surface area contributed by atoms with Gasteiger partial charge in [-0.3, -0.25) is 0 Å². The van der Waals surface area contributed by atoms with E-state index in [4.69, 9.17) is 0 Å². The fourth-order valence-electron chi connectivity index (χ4n) is 10.2. The maximum atomic E-state index is 2.41. The standard InChI is InChI=1S/C61H44N2/c1-61(2)57-22-8-5-18-53(57)54-38-31-46(40-58(54)61)42-27-34-48(35-28-42)62(49-36-29-44(30-37-49)52-21-12-14-43-13-3-4-17-51(43)52)47-32-25-41(26-33-47)45-15-11-16-50(39-45)63-59-23-9-6-19-55(59)56-20-7-10-24-60(56)63/h3-40H,1-2H3. The van der Waals surface area contributed by atoms with Gasteiger partial charge in [0.25, 0.3) is 0 Å². The largest absolute Gasteiger partial charge is 0.311 e. The summed E-state index contributed by atoms with van der Waals surface area (Å²) in [4.78, 5) is 2.37. The van der Waals surface area contributed by atoms with E-state index in [1.54, 1.807) is 0 Å². The first-order chi connectivity index (χ1) is 31.0. The Hall–Kier alpha value is -7.94. The Bertz CT molecular complexity index is 3460. The average molecular weight is 805 g/mol. The SMILES string of the molecule is CC1(C)c2ccccc2-c2ccc(-c3ccc(N(c4ccc(-c5cccc(-n6c7ccccc7c7ccccc76)c5)cc4)c4ccc(-c5cccc6ccccc56)cc4)cc3)cc21. The van der Waals surface area contributed by atoms with Gasteiger partial charge in [-0.1, -0.05) is 178 Å². The van der Waals surface area contributed by atoms with Gasteiger partial charge >= 0.3 is 0 Å². The molecule has 1 heterocycles. The third-order valence-electron chi connectivity index (χ3n) is 13.4. The fraction of sp³-hybridized carbons (Fsp3) is 0.0492. The van der Waals surface area contributed by atoms with E-state index < -0.39 is 0 Å². The second-order valence-corrected chi connectivity index (χ2v) is 17.4. The van der Waals surface area contributed by atoms with Gasteiger partial charge in [-0.15, -0.1) is 0 Å². The molecule has 0 N–H and O–H groups in total. The van der Waals surface area contributed by atoms with Crippen LogP contribution in [0, 0.1) is 0 Å². The molecule has 0 bridgehead atoms. The highest BCUT2D eigenvalue weighted by atomic mass is 15.1. The van der Waals surface area contributed by atoms with Crippen LogP contribution in [-0.2, 0) is 5.41 Å². The number of hydrogen-bond donors (Lipinski definition) is 0. The van der Waals surface area contributed by atoms with E-state index in [0.29, 0.717) is 0 Å². The lowest BCUT2D eigenvalue weighted by atomic mass is 9.81. The van der Waals surface area contributed by atoms with Crippen LogP contribution < -0.4 is 4.90 Å². The molecule has 0 aliphatic heterocycles. The lowest BCUT2D eigenvalue weighted by Crippen LogP contribution is -2.14. The molecule has 0 amide bonds. The molecule has 63 heavy (non-hydrogen) atoms. The number of rotatable bonds is 7. The average Bonchev–Trinajstić information content (AvgIpc) is 3.80. The van der Waals surface area contributed by atoms with Crippen molar-refractivity contribution in [1.29, 1.82) is 0 Å². The second-order valence-electron chi connectivity index (χ2n) is 17.4. The quantitative estimate of drug-likeness (QED) is 0.156. The molecule has 0 radical (unpaired) electrons. The summed E-state index contributed by atoms with van der Waals surface area (Å²) >= 11 is 0. The molecule has 0 fully saturated rings. The fourth-order valence-corrected chi connectivity index (χ4v) is 10.2. The van der Waals surface area contributed by atoms with Crippen LogP contribution in [0.15, 0.2) is 231 Å². The van der Waals surface area contributed by atoms with Gasteiger partial charge in [-0.2, -0.15) is 0 Å². The molecule has 2 nitrogen and oxygen atoms in total. The summed E-state index contributed by atoms with van der Waals surface area (Å²) in [5.74, 6) is 0. The molecular weight excluding hydrogens is 761 g/mol. The first-order valence-corrected chi connectivity index (χ1v) is 21.9. The van der Waals surface area contributed by atoms with Gasteiger partial charge in [0, 0.05) is 38.9 Å². The Morgan fingerprint density at radius 2 is 0.810 bits per heavy atom. The smallest absolute Gasteiger partial charge is 0.0541 e. The molecule has 0 atom stereocenters. The molecule has 12 rings (SSSR count).